The Kier molecular flexibility index (Phi) is 5.30. The maximum absolute atomic E-state index is 12.7. The van der Waals surface area contributed by atoms with E-state index >= 15 is 0 Å². The van der Waals surface area contributed by atoms with Crippen molar-refractivity contribution in [1.82, 2.24) is 19.5 Å². The summed E-state index contributed by atoms with van der Waals surface area (Å²) in [5.74, 6) is -0.192. The van der Waals surface area contributed by atoms with E-state index in [-0.39, 0.29) is 12.5 Å². The molecule has 4 aromatic rings. The van der Waals surface area contributed by atoms with Gasteiger partial charge >= 0.3 is 5.76 Å². The fourth-order valence-corrected chi connectivity index (χ4v) is 3.30. The van der Waals surface area contributed by atoms with Crippen molar-refractivity contribution in [3.8, 4) is 11.4 Å². The number of carbonyl (C=O) groups excluding carboxylic acids is 1. The van der Waals surface area contributed by atoms with Crippen LogP contribution in [0.1, 0.15) is 16.7 Å². The molecule has 2 heterocycles. The van der Waals surface area contributed by atoms with Crippen LogP contribution in [0.5, 0.6) is 0 Å². The third-order valence-electron chi connectivity index (χ3n) is 4.77. The van der Waals surface area contributed by atoms with E-state index in [2.05, 4.69) is 21.6 Å². The molecule has 8 heteroatoms. The number of hydrogen-bond donors (Lipinski definition) is 1. The van der Waals surface area contributed by atoms with Crippen molar-refractivity contribution in [3.63, 3.8) is 0 Å². The van der Waals surface area contributed by atoms with Crippen molar-refractivity contribution >= 4 is 11.7 Å². The first-order valence-corrected chi connectivity index (χ1v) is 9.51. The van der Waals surface area contributed by atoms with Crippen molar-refractivity contribution < 1.29 is 9.32 Å². The van der Waals surface area contributed by atoms with Crippen LogP contribution in [0.25, 0.3) is 11.4 Å². The van der Waals surface area contributed by atoms with Gasteiger partial charge in [-0.1, -0.05) is 59.3 Å². The topological polar surface area (TPSA) is 95.0 Å². The monoisotopic (exact) mass is 403 g/mol. The second-order valence-electron chi connectivity index (χ2n) is 7.08. The van der Waals surface area contributed by atoms with Crippen LogP contribution in [0.4, 0.5) is 5.82 Å². The summed E-state index contributed by atoms with van der Waals surface area (Å²) in [6, 6.07) is 17.3. The molecule has 0 atom stereocenters. The van der Waals surface area contributed by atoms with E-state index in [1.807, 2.05) is 56.3 Å². The summed E-state index contributed by atoms with van der Waals surface area (Å²) in [6.45, 7) is 4.23. The number of aryl methyl sites for hydroxylation is 2. The summed E-state index contributed by atoms with van der Waals surface area (Å²) >= 11 is 0. The van der Waals surface area contributed by atoms with E-state index in [9.17, 15) is 9.59 Å². The Labute approximate surface area is 172 Å². The fourth-order valence-electron chi connectivity index (χ4n) is 3.30. The Bertz CT molecular complexity index is 1250. The van der Waals surface area contributed by atoms with Crippen LogP contribution in [-0.4, -0.2) is 25.4 Å². The van der Waals surface area contributed by atoms with Crippen LogP contribution in [-0.2, 0) is 17.9 Å². The van der Waals surface area contributed by atoms with E-state index < -0.39 is 5.76 Å². The lowest BCUT2D eigenvalue weighted by Gasteiger charge is -2.10. The van der Waals surface area contributed by atoms with Crippen molar-refractivity contribution in [1.29, 1.82) is 0 Å². The molecule has 0 spiro atoms. The number of rotatable bonds is 6. The van der Waals surface area contributed by atoms with E-state index in [0.29, 0.717) is 18.2 Å². The Hall–Kier alpha value is -3.94. The molecule has 0 radical (unpaired) electrons. The molecule has 0 aliphatic carbocycles. The van der Waals surface area contributed by atoms with Crippen LogP contribution in [0.2, 0.25) is 0 Å². The molecule has 4 rings (SSSR count). The van der Waals surface area contributed by atoms with E-state index in [4.69, 9.17) is 4.52 Å². The van der Waals surface area contributed by atoms with Gasteiger partial charge in [-0.2, -0.15) is 5.10 Å². The second kappa shape index (κ2) is 8.20. The van der Waals surface area contributed by atoms with Gasteiger partial charge in [0.2, 0.25) is 5.91 Å². The number of aromatic nitrogens is 4. The van der Waals surface area contributed by atoms with Gasteiger partial charge in [0, 0.05) is 11.6 Å². The third-order valence-corrected chi connectivity index (χ3v) is 4.77. The minimum Gasteiger partial charge on any atom is -0.309 e. The molecule has 8 nitrogen and oxygen atoms in total. The highest BCUT2D eigenvalue weighted by atomic mass is 16.5. The summed E-state index contributed by atoms with van der Waals surface area (Å²) in [7, 11) is 0. The van der Waals surface area contributed by atoms with Crippen LogP contribution in [0, 0.1) is 13.8 Å². The molecular weight excluding hydrogens is 382 g/mol. The molecule has 0 saturated heterocycles. The van der Waals surface area contributed by atoms with Crippen LogP contribution >= 0.6 is 0 Å². The summed E-state index contributed by atoms with van der Waals surface area (Å²) in [5, 5.41) is 11.0. The number of nitrogens with zero attached hydrogens (tertiary/aromatic N) is 4. The Balaban J connectivity index is 1.52. The predicted octanol–water partition coefficient (Wildman–Crippen LogP) is 3.00. The van der Waals surface area contributed by atoms with Crippen molar-refractivity contribution in [2.75, 3.05) is 5.32 Å². The normalized spacial score (nSPS) is 10.9. The van der Waals surface area contributed by atoms with Crippen molar-refractivity contribution in [2.45, 2.75) is 26.9 Å². The number of anilines is 1. The molecule has 1 amide bonds. The van der Waals surface area contributed by atoms with E-state index in [1.165, 1.54) is 4.57 Å². The molecule has 0 aliphatic rings. The lowest BCUT2D eigenvalue weighted by Crippen LogP contribution is -2.26. The third kappa shape index (κ3) is 4.07. The zero-order valence-corrected chi connectivity index (χ0v) is 16.7. The molecule has 0 unspecified atom stereocenters. The van der Waals surface area contributed by atoms with Crippen LogP contribution in [0.15, 0.2) is 70.1 Å². The van der Waals surface area contributed by atoms with Gasteiger partial charge in [-0.05, 0) is 25.0 Å². The van der Waals surface area contributed by atoms with Gasteiger partial charge in [0.1, 0.15) is 12.4 Å². The Morgan fingerprint density at radius 1 is 1.10 bits per heavy atom. The molecule has 2 aromatic carbocycles. The lowest BCUT2D eigenvalue weighted by molar-refractivity contribution is -0.116. The average Bonchev–Trinajstić information content (AvgIpc) is 3.29. The summed E-state index contributed by atoms with van der Waals surface area (Å²) in [6.07, 6.45) is 1.62. The maximum atomic E-state index is 12.7. The molecule has 0 saturated carbocycles. The van der Waals surface area contributed by atoms with Crippen molar-refractivity contribution in [3.05, 3.63) is 88.0 Å². The van der Waals surface area contributed by atoms with Crippen molar-refractivity contribution in [2.24, 2.45) is 0 Å². The Morgan fingerprint density at radius 2 is 1.93 bits per heavy atom. The van der Waals surface area contributed by atoms with Crippen LogP contribution in [0.3, 0.4) is 0 Å². The highest BCUT2D eigenvalue weighted by Gasteiger charge is 2.18. The van der Waals surface area contributed by atoms with Gasteiger partial charge in [-0.3, -0.25) is 9.32 Å². The SMILES string of the molecule is Cc1cccc(Cn2nccc2NC(=O)Cn2c(-c3ccccc3C)noc2=O)c1. The number of benzene rings is 2. The maximum Gasteiger partial charge on any atom is 0.442 e. The molecule has 0 fully saturated rings. The van der Waals surface area contributed by atoms with Gasteiger partial charge < -0.3 is 5.32 Å². The predicted molar refractivity (Wildman–Crippen MR) is 112 cm³/mol. The summed E-state index contributed by atoms with van der Waals surface area (Å²) in [4.78, 5) is 24.8. The fraction of sp³-hybridized carbons (Fsp3) is 0.182. The van der Waals surface area contributed by atoms with Gasteiger partial charge in [0.15, 0.2) is 5.82 Å². The smallest absolute Gasteiger partial charge is 0.309 e. The minimum absolute atomic E-state index is 0.221. The number of amides is 1. The number of nitrogens with one attached hydrogen (secondary N) is 1. The van der Waals surface area contributed by atoms with Gasteiger partial charge in [0.25, 0.3) is 0 Å². The molecule has 0 bridgehead atoms. The Morgan fingerprint density at radius 3 is 2.73 bits per heavy atom. The van der Waals surface area contributed by atoms with Gasteiger partial charge in [-0.15, -0.1) is 0 Å². The largest absolute Gasteiger partial charge is 0.442 e. The number of hydrogen-bond acceptors (Lipinski definition) is 5. The first-order valence-electron chi connectivity index (χ1n) is 9.51. The first-order chi connectivity index (χ1) is 14.5. The van der Waals surface area contributed by atoms with Gasteiger partial charge in [-0.25, -0.2) is 14.0 Å². The second-order valence-corrected chi connectivity index (χ2v) is 7.08. The standard InChI is InChI=1S/C22H21N5O3/c1-15-6-5-8-17(12-15)13-27-19(10-11-23-27)24-20(28)14-26-21(25-30-22(26)29)18-9-4-3-7-16(18)2/h3-12H,13-14H2,1-2H3,(H,24,28). The van der Waals surface area contributed by atoms with Crippen LogP contribution < -0.4 is 11.1 Å². The molecule has 1 N–H and O–H groups in total. The number of carbonyl (C=O) groups is 1. The molecule has 2 aromatic heterocycles. The molecule has 0 aliphatic heterocycles. The highest BCUT2D eigenvalue weighted by Crippen LogP contribution is 2.20. The van der Waals surface area contributed by atoms with Gasteiger partial charge in [0.05, 0.1) is 12.7 Å². The summed E-state index contributed by atoms with van der Waals surface area (Å²) < 4.78 is 7.74. The quantitative estimate of drug-likeness (QED) is 0.534. The lowest BCUT2D eigenvalue weighted by atomic mass is 10.1. The zero-order chi connectivity index (χ0) is 21.1. The molecule has 152 valence electrons. The first kappa shape index (κ1) is 19.4. The molecular formula is C22H21N5O3. The molecule has 30 heavy (non-hydrogen) atoms. The van der Waals surface area contributed by atoms with E-state index in [0.717, 1.165) is 22.3 Å². The highest BCUT2D eigenvalue weighted by molar-refractivity contribution is 5.90. The summed E-state index contributed by atoms with van der Waals surface area (Å²) in [5.41, 5.74) is 3.89. The average molecular weight is 403 g/mol. The minimum atomic E-state index is -0.684. The zero-order valence-electron chi connectivity index (χ0n) is 16.7. The van der Waals surface area contributed by atoms with E-state index in [1.54, 1.807) is 16.9 Å².